The summed E-state index contributed by atoms with van der Waals surface area (Å²) < 4.78 is 18.6. The number of hydrogen-bond donors (Lipinski definition) is 1. The summed E-state index contributed by atoms with van der Waals surface area (Å²) in [4.78, 5) is 0. The van der Waals surface area contributed by atoms with Gasteiger partial charge in [0.25, 0.3) is 0 Å². The van der Waals surface area contributed by atoms with Gasteiger partial charge in [-0.2, -0.15) is 0 Å². The van der Waals surface area contributed by atoms with Gasteiger partial charge in [0.05, 0.1) is 6.61 Å². The van der Waals surface area contributed by atoms with Crippen LogP contribution >= 0.6 is 0 Å². The van der Waals surface area contributed by atoms with Gasteiger partial charge in [-0.3, -0.25) is 0 Å². The van der Waals surface area contributed by atoms with Gasteiger partial charge >= 0.3 is 0 Å². The Hall–Kier alpha value is -1.87. The minimum Gasteiger partial charge on any atom is -0.381 e. The molecule has 0 amide bonds. The monoisotopic (exact) mass is 259 g/mol. The Bertz CT molecular complexity index is 554. The number of hydrogen-bond acceptors (Lipinski definition) is 2. The summed E-state index contributed by atoms with van der Waals surface area (Å²) in [6.07, 6.45) is 0. The molecule has 0 aliphatic rings. The topological polar surface area (TPSA) is 21.3 Å². The van der Waals surface area contributed by atoms with Gasteiger partial charge in [0.2, 0.25) is 0 Å². The van der Waals surface area contributed by atoms with Crippen LogP contribution in [0, 0.1) is 12.7 Å². The van der Waals surface area contributed by atoms with Crippen LogP contribution < -0.4 is 5.32 Å². The highest BCUT2D eigenvalue weighted by atomic mass is 19.1. The smallest absolute Gasteiger partial charge is 0.128 e. The van der Waals surface area contributed by atoms with E-state index in [0.717, 1.165) is 16.8 Å². The zero-order valence-corrected chi connectivity index (χ0v) is 11.2. The molecule has 0 radical (unpaired) electrons. The first-order chi connectivity index (χ1) is 9.22. The molecule has 100 valence electrons. The van der Waals surface area contributed by atoms with E-state index in [4.69, 9.17) is 4.74 Å². The second-order valence-corrected chi connectivity index (χ2v) is 4.47. The van der Waals surface area contributed by atoms with Gasteiger partial charge in [-0.25, -0.2) is 4.39 Å². The van der Waals surface area contributed by atoms with Crippen LogP contribution in [-0.4, -0.2) is 7.11 Å². The van der Waals surface area contributed by atoms with Gasteiger partial charge in [0.15, 0.2) is 0 Å². The number of rotatable bonds is 5. The van der Waals surface area contributed by atoms with Crippen molar-refractivity contribution in [3.8, 4) is 0 Å². The predicted octanol–water partition coefficient (Wildman–Crippen LogP) is 3.89. The molecule has 0 heterocycles. The molecule has 3 heteroatoms. The van der Waals surface area contributed by atoms with Gasteiger partial charge < -0.3 is 10.1 Å². The van der Waals surface area contributed by atoms with Crippen molar-refractivity contribution in [1.82, 2.24) is 0 Å². The molecule has 0 aliphatic heterocycles. The second kappa shape index (κ2) is 6.34. The summed E-state index contributed by atoms with van der Waals surface area (Å²) in [6, 6.07) is 13.2. The fourth-order valence-corrected chi connectivity index (χ4v) is 2.02. The number of benzene rings is 2. The van der Waals surface area contributed by atoms with Crippen molar-refractivity contribution < 1.29 is 9.13 Å². The Morgan fingerprint density at radius 3 is 2.53 bits per heavy atom. The van der Waals surface area contributed by atoms with Crippen molar-refractivity contribution in [3.63, 3.8) is 0 Å². The van der Waals surface area contributed by atoms with E-state index in [2.05, 4.69) is 11.4 Å². The lowest BCUT2D eigenvalue weighted by atomic mass is 10.1. The number of nitrogens with one attached hydrogen (secondary N) is 1. The molecule has 1 N–H and O–H groups in total. The third-order valence-electron chi connectivity index (χ3n) is 3.16. The molecule has 2 aromatic carbocycles. The average Bonchev–Trinajstić information content (AvgIpc) is 2.42. The Kier molecular flexibility index (Phi) is 4.53. The molecule has 2 nitrogen and oxygen atoms in total. The van der Waals surface area contributed by atoms with E-state index in [9.17, 15) is 4.39 Å². The van der Waals surface area contributed by atoms with Crippen molar-refractivity contribution in [2.45, 2.75) is 20.1 Å². The maximum Gasteiger partial charge on any atom is 0.128 e. The zero-order chi connectivity index (χ0) is 13.7. The molecule has 0 spiro atoms. The lowest BCUT2D eigenvalue weighted by Crippen LogP contribution is -2.05. The average molecular weight is 259 g/mol. The molecular weight excluding hydrogens is 241 g/mol. The molecule has 0 fully saturated rings. The van der Waals surface area contributed by atoms with Gasteiger partial charge in [0, 0.05) is 24.9 Å². The van der Waals surface area contributed by atoms with Gasteiger partial charge in [-0.05, 0) is 30.2 Å². The number of anilines is 1. The molecule has 2 aromatic rings. The Balaban J connectivity index is 2.12. The maximum atomic E-state index is 13.4. The molecule has 0 atom stereocenters. The third-order valence-corrected chi connectivity index (χ3v) is 3.16. The van der Waals surface area contributed by atoms with Crippen LogP contribution in [0.4, 0.5) is 10.1 Å². The van der Waals surface area contributed by atoms with Crippen LogP contribution in [0.5, 0.6) is 0 Å². The summed E-state index contributed by atoms with van der Waals surface area (Å²) in [5, 5.41) is 3.27. The molecule has 0 bridgehead atoms. The molecule has 0 aromatic heterocycles. The van der Waals surface area contributed by atoms with E-state index in [0.29, 0.717) is 18.7 Å². The van der Waals surface area contributed by atoms with Crippen molar-refractivity contribution in [1.29, 1.82) is 0 Å². The largest absolute Gasteiger partial charge is 0.381 e. The van der Waals surface area contributed by atoms with Crippen molar-refractivity contribution in [2.75, 3.05) is 12.4 Å². The zero-order valence-electron chi connectivity index (χ0n) is 11.2. The summed E-state index contributed by atoms with van der Waals surface area (Å²) in [5.41, 5.74) is 3.78. The first kappa shape index (κ1) is 13.6. The van der Waals surface area contributed by atoms with Crippen LogP contribution in [0.2, 0.25) is 0 Å². The SMILES string of the molecule is COCc1ccccc1CNc1cccc(F)c1C. The lowest BCUT2D eigenvalue weighted by Gasteiger charge is -2.13. The first-order valence-corrected chi connectivity index (χ1v) is 6.27. The second-order valence-electron chi connectivity index (χ2n) is 4.47. The highest BCUT2D eigenvalue weighted by molar-refractivity contribution is 5.51. The Morgan fingerprint density at radius 1 is 1.05 bits per heavy atom. The van der Waals surface area contributed by atoms with Crippen LogP contribution in [-0.2, 0) is 17.9 Å². The van der Waals surface area contributed by atoms with Gasteiger partial charge in [-0.15, -0.1) is 0 Å². The molecule has 0 saturated heterocycles. The normalized spacial score (nSPS) is 10.5. The summed E-state index contributed by atoms with van der Waals surface area (Å²) in [7, 11) is 1.68. The Labute approximate surface area is 113 Å². The lowest BCUT2D eigenvalue weighted by molar-refractivity contribution is 0.184. The number of ether oxygens (including phenoxy) is 1. The quantitative estimate of drug-likeness (QED) is 0.879. The fourth-order valence-electron chi connectivity index (χ4n) is 2.02. The van der Waals surface area contributed by atoms with E-state index >= 15 is 0 Å². The minimum atomic E-state index is -0.185. The van der Waals surface area contributed by atoms with E-state index in [1.807, 2.05) is 24.3 Å². The van der Waals surface area contributed by atoms with Gasteiger partial charge in [0.1, 0.15) is 5.82 Å². The van der Waals surface area contributed by atoms with Crippen molar-refractivity contribution in [2.24, 2.45) is 0 Å². The third kappa shape index (κ3) is 3.32. The van der Waals surface area contributed by atoms with Crippen LogP contribution in [0.3, 0.4) is 0 Å². The molecule has 19 heavy (non-hydrogen) atoms. The summed E-state index contributed by atoms with van der Waals surface area (Å²) >= 11 is 0. The number of methoxy groups -OCH3 is 1. The van der Waals surface area contributed by atoms with Crippen LogP contribution in [0.1, 0.15) is 16.7 Å². The summed E-state index contributed by atoms with van der Waals surface area (Å²) in [6.45, 7) is 3.02. The van der Waals surface area contributed by atoms with Crippen molar-refractivity contribution >= 4 is 5.69 Å². The van der Waals surface area contributed by atoms with Gasteiger partial charge in [-0.1, -0.05) is 30.3 Å². The molecule has 2 rings (SSSR count). The predicted molar refractivity (Wildman–Crippen MR) is 75.6 cm³/mol. The van der Waals surface area contributed by atoms with Crippen molar-refractivity contribution in [3.05, 3.63) is 65.0 Å². The molecule has 0 aliphatic carbocycles. The Morgan fingerprint density at radius 2 is 1.79 bits per heavy atom. The summed E-state index contributed by atoms with van der Waals surface area (Å²) in [5.74, 6) is -0.185. The highest BCUT2D eigenvalue weighted by Crippen LogP contribution is 2.19. The fraction of sp³-hybridized carbons (Fsp3) is 0.250. The highest BCUT2D eigenvalue weighted by Gasteiger charge is 2.05. The molecular formula is C16H18FNO. The molecule has 0 unspecified atom stereocenters. The van der Waals surface area contributed by atoms with E-state index in [1.54, 1.807) is 20.1 Å². The standard InChI is InChI=1S/C16H18FNO/c1-12-15(17)8-5-9-16(12)18-10-13-6-3-4-7-14(13)11-19-2/h3-9,18H,10-11H2,1-2H3. The van der Waals surface area contributed by atoms with E-state index in [-0.39, 0.29) is 5.82 Å². The van der Waals surface area contributed by atoms with Crippen LogP contribution in [0.15, 0.2) is 42.5 Å². The molecule has 0 saturated carbocycles. The van der Waals surface area contributed by atoms with E-state index < -0.39 is 0 Å². The van der Waals surface area contributed by atoms with Crippen LogP contribution in [0.25, 0.3) is 0 Å². The van der Waals surface area contributed by atoms with E-state index in [1.165, 1.54) is 6.07 Å². The number of halogens is 1. The minimum absolute atomic E-state index is 0.185. The first-order valence-electron chi connectivity index (χ1n) is 6.27. The maximum absolute atomic E-state index is 13.4.